The van der Waals surface area contributed by atoms with Crippen LogP contribution in [0.5, 0.6) is 0 Å². The number of nitrogens with one attached hydrogen (secondary N) is 1. The van der Waals surface area contributed by atoms with Gasteiger partial charge in [0.2, 0.25) is 0 Å². The second-order valence-corrected chi connectivity index (χ2v) is 6.66. The Kier molecular flexibility index (Phi) is 4.62. The number of thiophene rings is 1. The summed E-state index contributed by atoms with van der Waals surface area (Å²) in [6, 6.07) is 1.01. The lowest BCUT2D eigenvalue weighted by atomic mass is 10.5. The lowest BCUT2D eigenvalue weighted by Gasteiger charge is -2.13. The van der Waals surface area contributed by atoms with Crippen LogP contribution in [0.3, 0.4) is 0 Å². The number of aliphatic hydroxyl groups is 1. The van der Waals surface area contributed by atoms with E-state index in [-0.39, 0.29) is 28.0 Å². The normalized spacial score (nSPS) is 11.8. The summed E-state index contributed by atoms with van der Waals surface area (Å²) in [6.07, 6.45) is 0. The SMILES string of the molecule is CNc1sc(S(=O)(=O)N(C)CCO)cc1[N+](=O)[O-]. The molecule has 1 rings (SSSR count). The zero-order valence-corrected chi connectivity index (χ0v) is 11.4. The van der Waals surface area contributed by atoms with Gasteiger partial charge in [-0.2, -0.15) is 4.31 Å². The molecule has 10 heteroatoms. The molecule has 0 aliphatic heterocycles. The highest BCUT2D eigenvalue weighted by molar-refractivity contribution is 7.91. The van der Waals surface area contributed by atoms with Crippen LogP contribution in [-0.2, 0) is 10.0 Å². The first-order valence-corrected chi connectivity index (χ1v) is 7.13. The number of likely N-dealkylation sites (N-methyl/N-ethyl adjacent to an activating group) is 1. The summed E-state index contributed by atoms with van der Waals surface area (Å²) in [7, 11) is -1.02. The Morgan fingerprint density at radius 2 is 2.22 bits per heavy atom. The van der Waals surface area contributed by atoms with E-state index >= 15 is 0 Å². The average Bonchev–Trinajstić information content (AvgIpc) is 2.73. The van der Waals surface area contributed by atoms with Crippen molar-refractivity contribution in [2.75, 3.05) is 32.6 Å². The van der Waals surface area contributed by atoms with Crippen molar-refractivity contribution in [3.63, 3.8) is 0 Å². The molecule has 8 nitrogen and oxygen atoms in total. The number of nitro groups is 1. The number of aliphatic hydroxyl groups excluding tert-OH is 1. The zero-order chi connectivity index (χ0) is 13.9. The third-order valence-electron chi connectivity index (χ3n) is 2.19. The van der Waals surface area contributed by atoms with Gasteiger partial charge in [-0.05, 0) is 0 Å². The van der Waals surface area contributed by atoms with Crippen molar-refractivity contribution in [3.05, 3.63) is 16.2 Å². The lowest BCUT2D eigenvalue weighted by Crippen LogP contribution is -2.29. The highest BCUT2D eigenvalue weighted by atomic mass is 32.2. The van der Waals surface area contributed by atoms with Crippen LogP contribution in [0.2, 0.25) is 0 Å². The molecule has 1 aromatic heterocycles. The van der Waals surface area contributed by atoms with E-state index in [4.69, 9.17) is 5.11 Å². The molecule has 2 N–H and O–H groups in total. The van der Waals surface area contributed by atoms with Gasteiger partial charge >= 0.3 is 5.69 Å². The Balaban J connectivity index is 3.22. The molecule has 0 atom stereocenters. The minimum Gasteiger partial charge on any atom is -0.395 e. The predicted molar refractivity (Wildman–Crippen MR) is 67.4 cm³/mol. The first-order valence-electron chi connectivity index (χ1n) is 4.87. The molecule has 0 fully saturated rings. The number of nitrogens with zero attached hydrogens (tertiary/aromatic N) is 2. The maximum absolute atomic E-state index is 12.0. The number of rotatable bonds is 6. The Labute approximate surface area is 108 Å². The summed E-state index contributed by atoms with van der Waals surface area (Å²) in [5, 5.41) is 22.2. The monoisotopic (exact) mass is 295 g/mol. The minimum atomic E-state index is -3.80. The highest BCUT2D eigenvalue weighted by Crippen LogP contribution is 2.37. The quantitative estimate of drug-likeness (QED) is 0.577. The van der Waals surface area contributed by atoms with E-state index in [1.807, 2.05) is 0 Å². The van der Waals surface area contributed by atoms with Crippen molar-refractivity contribution in [1.29, 1.82) is 0 Å². The van der Waals surface area contributed by atoms with Gasteiger partial charge in [-0.3, -0.25) is 10.1 Å². The maximum atomic E-state index is 12.0. The van der Waals surface area contributed by atoms with Crippen molar-refractivity contribution < 1.29 is 18.4 Å². The molecule has 102 valence electrons. The lowest BCUT2D eigenvalue weighted by molar-refractivity contribution is -0.383. The van der Waals surface area contributed by atoms with Gasteiger partial charge in [-0.1, -0.05) is 11.3 Å². The summed E-state index contributed by atoms with van der Waals surface area (Å²) in [6.45, 7) is -0.384. The molecular formula is C8H13N3O5S2. The van der Waals surface area contributed by atoms with Crippen LogP contribution in [0.25, 0.3) is 0 Å². The number of hydrogen-bond donors (Lipinski definition) is 2. The van der Waals surface area contributed by atoms with E-state index in [9.17, 15) is 18.5 Å². The van der Waals surface area contributed by atoms with E-state index in [0.717, 1.165) is 21.7 Å². The van der Waals surface area contributed by atoms with Crippen LogP contribution >= 0.6 is 11.3 Å². The highest BCUT2D eigenvalue weighted by Gasteiger charge is 2.28. The first kappa shape index (κ1) is 14.8. The molecule has 0 aromatic carbocycles. The standard InChI is InChI=1S/C8H13N3O5S2/c1-9-8-6(11(13)14)5-7(17-8)18(15,16)10(2)3-4-12/h5,9,12H,3-4H2,1-2H3. The zero-order valence-electron chi connectivity index (χ0n) is 9.78. The van der Waals surface area contributed by atoms with Gasteiger partial charge in [0.15, 0.2) is 5.00 Å². The third kappa shape index (κ3) is 2.77. The first-order chi connectivity index (χ1) is 8.34. The summed E-state index contributed by atoms with van der Waals surface area (Å²) < 4.78 is 24.8. The largest absolute Gasteiger partial charge is 0.395 e. The molecule has 0 aliphatic rings. The minimum absolute atomic E-state index is 0.0665. The Morgan fingerprint density at radius 3 is 2.61 bits per heavy atom. The van der Waals surface area contributed by atoms with Crippen LogP contribution in [0.4, 0.5) is 10.7 Å². The van der Waals surface area contributed by atoms with E-state index in [1.165, 1.54) is 14.1 Å². The van der Waals surface area contributed by atoms with Crippen LogP contribution in [-0.4, -0.2) is 50.0 Å². The van der Waals surface area contributed by atoms with Crippen LogP contribution in [0, 0.1) is 10.1 Å². The molecule has 0 saturated heterocycles. The summed E-state index contributed by atoms with van der Waals surface area (Å²) >= 11 is 0.785. The van der Waals surface area contributed by atoms with E-state index in [0.29, 0.717) is 0 Å². The van der Waals surface area contributed by atoms with E-state index in [2.05, 4.69) is 5.32 Å². The fourth-order valence-corrected chi connectivity index (χ4v) is 3.87. The third-order valence-corrected chi connectivity index (χ3v) is 5.64. The topological polar surface area (TPSA) is 113 Å². The van der Waals surface area contributed by atoms with Crippen LogP contribution in [0.15, 0.2) is 10.3 Å². The Hall–Kier alpha value is -1.23. The number of sulfonamides is 1. The number of hydrogen-bond acceptors (Lipinski definition) is 7. The molecule has 0 saturated carbocycles. The van der Waals surface area contributed by atoms with E-state index < -0.39 is 14.9 Å². The van der Waals surface area contributed by atoms with Gasteiger partial charge in [-0.25, -0.2) is 8.42 Å². The van der Waals surface area contributed by atoms with Gasteiger partial charge < -0.3 is 10.4 Å². The van der Waals surface area contributed by atoms with Gasteiger partial charge in [0.1, 0.15) is 4.21 Å². The van der Waals surface area contributed by atoms with Gasteiger partial charge in [0.05, 0.1) is 11.5 Å². The maximum Gasteiger partial charge on any atom is 0.304 e. The van der Waals surface area contributed by atoms with Crippen molar-refractivity contribution in [2.45, 2.75) is 4.21 Å². The molecule has 1 heterocycles. The number of anilines is 1. The van der Waals surface area contributed by atoms with Gasteiger partial charge in [0, 0.05) is 26.7 Å². The molecule has 0 aliphatic carbocycles. The second-order valence-electron chi connectivity index (χ2n) is 3.34. The molecule has 0 spiro atoms. The summed E-state index contributed by atoms with van der Waals surface area (Å²) in [5.41, 5.74) is -0.279. The van der Waals surface area contributed by atoms with Crippen molar-refractivity contribution in [2.24, 2.45) is 0 Å². The molecule has 0 amide bonds. The van der Waals surface area contributed by atoms with Crippen LogP contribution < -0.4 is 5.32 Å². The van der Waals surface area contributed by atoms with Gasteiger partial charge in [0.25, 0.3) is 10.0 Å². The van der Waals surface area contributed by atoms with Gasteiger partial charge in [-0.15, -0.1) is 0 Å². The predicted octanol–water partition coefficient (Wildman–Crippen LogP) is 0.311. The fraction of sp³-hybridized carbons (Fsp3) is 0.500. The van der Waals surface area contributed by atoms with Crippen molar-refractivity contribution in [1.82, 2.24) is 4.31 Å². The van der Waals surface area contributed by atoms with Crippen LogP contribution in [0.1, 0.15) is 0 Å². The Bertz CT molecular complexity index is 539. The summed E-state index contributed by atoms with van der Waals surface area (Å²) in [4.78, 5) is 10.1. The Morgan fingerprint density at radius 1 is 1.61 bits per heavy atom. The molecule has 0 unspecified atom stereocenters. The average molecular weight is 295 g/mol. The summed E-state index contributed by atoms with van der Waals surface area (Å²) in [5.74, 6) is 0. The molecule has 0 bridgehead atoms. The fourth-order valence-electron chi connectivity index (χ4n) is 1.22. The smallest absolute Gasteiger partial charge is 0.304 e. The molecule has 18 heavy (non-hydrogen) atoms. The van der Waals surface area contributed by atoms with Crippen molar-refractivity contribution >= 4 is 32.0 Å². The molecular weight excluding hydrogens is 282 g/mol. The molecule has 1 aromatic rings. The molecule has 0 radical (unpaired) electrons. The van der Waals surface area contributed by atoms with E-state index in [1.54, 1.807) is 0 Å². The van der Waals surface area contributed by atoms with Crippen molar-refractivity contribution in [3.8, 4) is 0 Å². The second kappa shape index (κ2) is 5.61.